The van der Waals surface area contributed by atoms with Crippen LogP contribution < -0.4 is 11.1 Å². The number of hydrogen-bond donors (Lipinski definition) is 2. The Balaban J connectivity index is 2.76. The van der Waals surface area contributed by atoms with Crippen LogP contribution in [-0.2, 0) is 4.79 Å². The van der Waals surface area contributed by atoms with Gasteiger partial charge in [0.2, 0.25) is 11.9 Å². The second kappa shape index (κ2) is 4.62. The molecule has 1 amide bonds. The SMILES string of the molecule is CC(=O)NC(N)=Nc1ccc(Cl)cc1. The summed E-state index contributed by atoms with van der Waals surface area (Å²) in [5, 5.41) is 2.99. The van der Waals surface area contributed by atoms with E-state index in [1.807, 2.05) is 0 Å². The summed E-state index contributed by atoms with van der Waals surface area (Å²) in [4.78, 5) is 14.5. The normalized spacial score (nSPS) is 11.1. The van der Waals surface area contributed by atoms with E-state index in [2.05, 4.69) is 10.3 Å². The number of amides is 1. The van der Waals surface area contributed by atoms with Crippen LogP contribution in [0.3, 0.4) is 0 Å². The summed E-state index contributed by atoms with van der Waals surface area (Å²) < 4.78 is 0. The first-order chi connectivity index (χ1) is 6.58. The third-order valence-electron chi connectivity index (χ3n) is 1.38. The second-order valence-electron chi connectivity index (χ2n) is 2.65. The van der Waals surface area contributed by atoms with Gasteiger partial charge in [0.25, 0.3) is 0 Å². The molecule has 1 aromatic carbocycles. The molecule has 14 heavy (non-hydrogen) atoms. The van der Waals surface area contributed by atoms with Crippen molar-refractivity contribution >= 4 is 29.2 Å². The van der Waals surface area contributed by atoms with Crippen LogP contribution in [0.5, 0.6) is 0 Å². The van der Waals surface area contributed by atoms with Gasteiger partial charge in [-0.25, -0.2) is 4.99 Å². The zero-order valence-electron chi connectivity index (χ0n) is 7.62. The van der Waals surface area contributed by atoms with Crippen molar-refractivity contribution in [2.45, 2.75) is 6.92 Å². The smallest absolute Gasteiger partial charge is 0.223 e. The number of benzene rings is 1. The van der Waals surface area contributed by atoms with Gasteiger partial charge < -0.3 is 5.73 Å². The second-order valence-corrected chi connectivity index (χ2v) is 3.09. The highest BCUT2D eigenvalue weighted by Crippen LogP contribution is 2.15. The average Bonchev–Trinajstić information content (AvgIpc) is 2.07. The quantitative estimate of drug-likeness (QED) is 0.545. The number of hydrogen-bond acceptors (Lipinski definition) is 2. The summed E-state index contributed by atoms with van der Waals surface area (Å²) in [6, 6.07) is 6.80. The number of carbonyl (C=O) groups is 1. The minimum absolute atomic E-state index is 0.0693. The molecule has 1 aromatic rings. The lowest BCUT2D eigenvalue weighted by atomic mass is 10.3. The molecule has 5 heteroatoms. The predicted molar refractivity (Wildman–Crippen MR) is 56.6 cm³/mol. The standard InChI is InChI=1S/C9H10ClN3O/c1-6(14)12-9(11)13-8-4-2-7(10)3-5-8/h2-5H,1H3,(H3,11,12,13,14). The van der Waals surface area contributed by atoms with Gasteiger partial charge in [-0.15, -0.1) is 0 Å². The summed E-state index contributed by atoms with van der Waals surface area (Å²) in [5.41, 5.74) is 6.07. The molecule has 0 aliphatic heterocycles. The maximum absolute atomic E-state index is 10.6. The number of nitrogens with zero attached hydrogens (tertiary/aromatic N) is 1. The van der Waals surface area contributed by atoms with Crippen LogP contribution in [0.4, 0.5) is 5.69 Å². The summed E-state index contributed by atoms with van der Waals surface area (Å²) in [6.45, 7) is 1.37. The third-order valence-corrected chi connectivity index (χ3v) is 1.63. The Kier molecular flexibility index (Phi) is 3.48. The van der Waals surface area contributed by atoms with Crippen molar-refractivity contribution in [3.05, 3.63) is 29.3 Å². The Morgan fingerprint density at radius 2 is 2.00 bits per heavy atom. The van der Waals surface area contributed by atoms with E-state index < -0.39 is 0 Å². The molecule has 0 unspecified atom stereocenters. The lowest BCUT2D eigenvalue weighted by molar-refractivity contribution is -0.117. The van der Waals surface area contributed by atoms with Gasteiger partial charge in [0.05, 0.1) is 5.69 Å². The lowest BCUT2D eigenvalue weighted by Gasteiger charge is -2.00. The average molecular weight is 212 g/mol. The van der Waals surface area contributed by atoms with Gasteiger partial charge in [0.15, 0.2) is 0 Å². The Morgan fingerprint density at radius 3 is 2.50 bits per heavy atom. The Labute approximate surface area is 86.8 Å². The highest BCUT2D eigenvalue weighted by Gasteiger charge is 1.95. The van der Waals surface area contributed by atoms with Crippen molar-refractivity contribution in [3.8, 4) is 0 Å². The van der Waals surface area contributed by atoms with Crippen LogP contribution in [0.1, 0.15) is 6.92 Å². The molecule has 0 saturated carbocycles. The molecule has 1 rings (SSSR count). The minimum Gasteiger partial charge on any atom is -0.369 e. The number of aliphatic imine (C=N–C) groups is 1. The fourth-order valence-corrected chi connectivity index (χ4v) is 0.989. The number of carbonyl (C=O) groups excluding carboxylic acids is 1. The first-order valence-corrected chi connectivity index (χ1v) is 4.33. The van der Waals surface area contributed by atoms with Crippen molar-refractivity contribution in [1.82, 2.24) is 5.32 Å². The maximum Gasteiger partial charge on any atom is 0.223 e. The van der Waals surface area contributed by atoms with Crippen LogP contribution in [-0.4, -0.2) is 11.9 Å². The fraction of sp³-hybridized carbons (Fsp3) is 0.111. The summed E-state index contributed by atoms with van der Waals surface area (Å²) in [5.74, 6) is -0.181. The summed E-state index contributed by atoms with van der Waals surface area (Å²) >= 11 is 5.68. The molecule has 4 nitrogen and oxygen atoms in total. The lowest BCUT2D eigenvalue weighted by Crippen LogP contribution is -2.34. The molecule has 3 N–H and O–H groups in total. The van der Waals surface area contributed by atoms with Gasteiger partial charge in [-0.05, 0) is 24.3 Å². The molecule has 74 valence electrons. The van der Waals surface area contributed by atoms with E-state index in [0.29, 0.717) is 10.7 Å². The van der Waals surface area contributed by atoms with Crippen LogP contribution in [0.2, 0.25) is 5.02 Å². The van der Waals surface area contributed by atoms with E-state index in [0.717, 1.165) is 0 Å². The molecule has 0 saturated heterocycles. The van der Waals surface area contributed by atoms with Crippen LogP contribution >= 0.6 is 11.6 Å². The van der Waals surface area contributed by atoms with Crippen molar-refractivity contribution in [3.63, 3.8) is 0 Å². The van der Waals surface area contributed by atoms with Crippen molar-refractivity contribution in [2.24, 2.45) is 10.7 Å². The molecule has 0 radical (unpaired) electrons. The predicted octanol–water partition coefficient (Wildman–Crippen LogP) is 1.42. The molecular formula is C9H10ClN3O. The largest absolute Gasteiger partial charge is 0.369 e. The molecule has 0 aliphatic rings. The topological polar surface area (TPSA) is 67.5 Å². The van der Waals surface area contributed by atoms with Gasteiger partial charge in [0.1, 0.15) is 0 Å². The zero-order chi connectivity index (χ0) is 10.6. The monoisotopic (exact) mass is 211 g/mol. The number of halogens is 1. The molecule has 0 aromatic heterocycles. The molecule has 0 atom stereocenters. The Morgan fingerprint density at radius 1 is 1.43 bits per heavy atom. The van der Waals surface area contributed by atoms with Crippen LogP contribution in [0, 0.1) is 0 Å². The molecule has 0 fully saturated rings. The first-order valence-electron chi connectivity index (χ1n) is 3.95. The third kappa shape index (κ3) is 3.45. The van der Waals surface area contributed by atoms with E-state index in [4.69, 9.17) is 17.3 Å². The van der Waals surface area contributed by atoms with Gasteiger partial charge >= 0.3 is 0 Å². The molecule has 0 heterocycles. The van der Waals surface area contributed by atoms with Crippen LogP contribution in [0.25, 0.3) is 0 Å². The van der Waals surface area contributed by atoms with Crippen molar-refractivity contribution in [1.29, 1.82) is 0 Å². The first kappa shape index (κ1) is 10.5. The summed E-state index contributed by atoms with van der Waals surface area (Å²) in [7, 11) is 0. The Hall–Kier alpha value is -1.55. The fourth-order valence-electron chi connectivity index (χ4n) is 0.863. The van der Waals surface area contributed by atoms with Crippen molar-refractivity contribution in [2.75, 3.05) is 0 Å². The molecular weight excluding hydrogens is 202 g/mol. The molecule has 0 bridgehead atoms. The number of nitrogens with one attached hydrogen (secondary N) is 1. The van der Waals surface area contributed by atoms with Crippen molar-refractivity contribution < 1.29 is 4.79 Å². The molecule has 0 aliphatic carbocycles. The van der Waals surface area contributed by atoms with E-state index in [9.17, 15) is 4.79 Å². The number of rotatable bonds is 1. The number of nitrogens with two attached hydrogens (primary N) is 1. The maximum atomic E-state index is 10.6. The summed E-state index contributed by atoms with van der Waals surface area (Å²) in [6.07, 6.45) is 0. The zero-order valence-corrected chi connectivity index (χ0v) is 8.38. The van der Waals surface area contributed by atoms with Gasteiger partial charge in [-0.3, -0.25) is 10.1 Å². The highest BCUT2D eigenvalue weighted by molar-refractivity contribution is 6.30. The van der Waals surface area contributed by atoms with E-state index >= 15 is 0 Å². The van der Waals surface area contributed by atoms with Gasteiger partial charge in [0, 0.05) is 11.9 Å². The molecule has 0 spiro atoms. The number of guanidine groups is 1. The van der Waals surface area contributed by atoms with E-state index in [1.165, 1.54) is 6.92 Å². The van der Waals surface area contributed by atoms with Crippen LogP contribution in [0.15, 0.2) is 29.3 Å². The Bertz CT molecular complexity index is 359. The highest BCUT2D eigenvalue weighted by atomic mass is 35.5. The van der Waals surface area contributed by atoms with Gasteiger partial charge in [-0.1, -0.05) is 11.6 Å². The minimum atomic E-state index is -0.250. The van der Waals surface area contributed by atoms with E-state index in [1.54, 1.807) is 24.3 Å². The van der Waals surface area contributed by atoms with E-state index in [-0.39, 0.29) is 11.9 Å². The van der Waals surface area contributed by atoms with Gasteiger partial charge in [-0.2, -0.15) is 0 Å².